The predicted octanol–water partition coefficient (Wildman–Crippen LogP) is 4.01. The first-order valence-electron chi connectivity index (χ1n) is 6.13. The van der Waals surface area contributed by atoms with Gasteiger partial charge in [-0.1, -0.05) is 6.07 Å². The smallest absolute Gasteiger partial charge is 0.340 e. The first-order chi connectivity index (χ1) is 9.93. The molecule has 21 heavy (non-hydrogen) atoms. The SMILES string of the molecule is COC(=O)c1cccc(N)c1Nc1cc(Br)c(F)cc1C. The highest BCUT2D eigenvalue weighted by Gasteiger charge is 2.15. The van der Waals surface area contributed by atoms with Gasteiger partial charge in [0.2, 0.25) is 0 Å². The van der Waals surface area contributed by atoms with Crippen molar-refractivity contribution in [3.8, 4) is 0 Å². The summed E-state index contributed by atoms with van der Waals surface area (Å²) in [6.07, 6.45) is 0. The number of halogens is 2. The summed E-state index contributed by atoms with van der Waals surface area (Å²) in [6.45, 7) is 1.76. The van der Waals surface area contributed by atoms with Gasteiger partial charge >= 0.3 is 5.97 Å². The van der Waals surface area contributed by atoms with Crippen molar-refractivity contribution in [3.63, 3.8) is 0 Å². The Balaban J connectivity index is 2.49. The number of aryl methyl sites for hydroxylation is 1. The van der Waals surface area contributed by atoms with Crippen LogP contribution in [0.15, 0.2) is 34.8 Å². The maximum atomic E-state index is 13.5. The van der Waals surface area contributed by atoms with Crippen molar-refractivity contribution in [1.29, 1.82) is 0 Å². The van der Waals surface area contributed by atoms with Crippen molar-refractivity contribution < 1.29 is 13.9 Å². The fourth-order valence-electron chi connectivity index (χ4n) is 1.91. The minimum Gasteiger partial charge on any atom is -0.465 e. The molecule has 3 N–H and O–H groups in total. The van der Waals surface area contributed by atoms with Crippen LogP contribution in [-0.4, -0.2) is 13.1 Å². The fraction of sp³-hybridized carbons (Fsp3) is 0.133. The summed E-state index contributed by atoms with van der Waals surface area (Å²) in [7, 11) is 1.30. The van der Waals surface area contributed by atoms with Crippen LogP contribution in [0.4, 0.5) is 21.5 Å². The third-order valence-electron chi connectivity index (χ3n) is 3.03. The Kier molecular flexibility index (Phi) is 4.47. The number of benzene rings is 2. The number of para-hydroxylation sites is 1. The second-order valence-corrected chi connectivity index (χ2v) is 5.32. The molecule has 0 unspecified atom stereocenters. The molecule has 0 radical (unpaired) electrons. The Morgan fingerprint density at radius 1 is 1.38 bits per heavy atom. The van der Waals surface area contributed by atoms with Gasteiger partial charge in [0.25, 0.3) is 0 Å². The van der Waals surface area contributed by atoms with Crippen molar-refractivity contribution in [2.24, 2.45) is 0 Å². The lowest BCUT2D eigenvalue weighted by molar-refractivity contribution is 0.0602. The number of ether oxygens (including phenoxy) is 1. The molecule has 0 spiro atoms. The number of nitrogens with one attached hydrogen (secondary N) is 1. The molecule has 0 saturated carbocycles. The van der Waals surface area contributed by atoms with Crippen molar-refractivity contribution in [2.45, 2.75) is 6.92 Å². The molecule has 0 aromatic heterocycles. The van der Waals surface area contributed by atoms with Crippen molar-refractivity contribution in [1.82, 2.24) is 0 Å². The maximum Gasteiger partial charge on any atom is 0.340 e. The minimum absolute atomic E-state index is 0.317. The molecule has 0 heterocycles. The molecule has 2 aromatic rings. The van der Waals surface area contributed by atoms with E-state index in [4.69, 9.17) is 10.5 Å². The zero-order chi connectivity index (χ0) is 15.6. The molecule has 110 valence electrons. The number of methoxy groups -OCH3 is 1. The van der Waals surface area contributed by atoms with Gasteiger partial charge in [-0.05, 0) is 52.7 Å². The lowest BCUT2D eigenvalue weighted by Crippen LogP contribution is -2.08. The first kappa shape index (κ1) is 15.3. The van der Waals surface area contributed by atoms with Gasteiger partial charge in [-0.25, -0.2) is 9.18 Å². The molecular weight excluding hydrogens is 339 g/mol. The highest BCUT2D eigenvalue weighted by atomic mass is 79.9. The Hall–Kier alpha value is -2.08. The summed E-state index contributed by atoms with van der Waals surface area (Å²) >= 11 is 3.14. The number of hydrogen-bond donors (Lipinski definition) is 2. The normalized spacial score (nSPS) is 10.3. The van der Waals surface area contributed by atoms with E-state index in [-0.39, 0.29) is 5.82 Å². The van der Waals surface area contributed by atoms with E-state index in [1.807, 2.05) is 0 Å². The minimum atomic E-state index is -0.497. The number of anilines is 3. The van der Waals surface area contributed by atoms with Crippen LogP contribution in [0.5, 0.6) is 0 Å². The second kappa shape index (κ2) is 6.13. The van der Waals surface area contributed by atoms with Gasteiger partial charge < -0.3 is 15.8 Å². The van der Waals surface area contributed by atoms with Gasteiger partial charge in [-0.15, -0.1) is 0 Å². The third kappa shape index (κ3) is 3.16. The van der Waals surface area contributed by atoms with E-state index in [9.17, 15) is 9.18 Å². The lowest BCUT2D eigenvalue weighted by atomic mass is 10.1. The predicted molar refractivity (Wildman–Crippen MR) is 84.3 cm³/mol. The summed E-state index contributed by atoms with van der Waals surface area (Å²) < 4.78 is 18.5. The van der Waals surface area contributed by atoms with Crippen LogP contribution in [0.3, 0.4) is 0 Å². The molecular formula is C15H14BrFN2O2. The standard InChI is InChI=1S/C15H14BrFN2O2/c1-8-6-11(17)10(16)7-13(8)19-14-9(15(20)21-2)4-3-5-12(14)18/h3-7,19H,18H2,1-2H3. The molecule has 4 nitrogen and oxygen atoms in total. The van der Waals surface area contributed by atoms with Crippen LogP contribution >= 0.6 is 15.9 Å². The molecule has 0 fully saturated rings. The largest absolute Gasteiger partial charge is 0.465 e. The quantitative estimate of drug-likeness (QED) is 0.647. The van der Waals surface area contributed by atoms with E-state index >= 15 is 0 Å². The van der Waals surface area contributed by atoms with Gasteiger partial charge in [-0.3, -0.25) is 0 Å². The summed E-state index contributed by atoms with van der Waals surface area (Å²) in [6, 6.07) is 7.93. The van der Waals surface area contributed by atoms with Crippen molar-refractivity contribution >= 4 is 39.0 Å². The highest BCUT2D eigenvalue weighted by molar-refractivity contribution is 9.10. The van der Waals surface area contributed by atoms with Gasteiger partial charge in [0.1, 0.15) is 5.82 Å². The lowest BCUT2D eigenvalue weighted by Gasteiger charge is -2.15. The van der Waals surface area contributed by atoms with Crippen LogP contribution in [0.25, 0.3) is 0 Å². The van der Waals surface area contributed by atoms with Gasteiger partial charge in [0.05, 0.1) is 28.5 Å². The number of nitrogens with two attached hydrogens (primary N) is 1. The molecule has 0 saturated heterocycles. The summed E-state index contributed by atoms with van der Waals surface area (Å²) in [5.74, 6) is -0.851. The zero-order valence-electron chi connectivity index (χ0n) is 11.5. The Morgan fingerprint density at radius 2 is 2.10 bits per heavy atom. The van der Waals surface area contributed by atoms with Crippen LogP contribution in [0, 0.1) is 12.7 Å². The van der Waals surface area contributed by atoms with Crippen LogP contribution in [0.2, 0.25) is 0 Å². The van der Waals surface area contributed by atoms with Crippen LogP contribution in [0.1, 0.15) is 15.9 Å². The van der Waals surface area contributed by atoms with Gasteiger partial charge in [0, 0.05) is 5.69 Å². The van der Waals surface area contributed by atoms with E-state index < -0.39 is 5.97 Å². The number of hydrogen-bond acceptors (Lipinski definition) is 4. The van der Waals surface area contributed by atoms with Crippen molar-refractivity contribution in [2.75, 3.05) is 18.2 Å². The van der Waals surface area contributed by atoms with Crippen LogP contribution < -0.4 is 11.1 Å². The van der Waals surface area contributed by atoms with E-state index in [0.29, 0.717) is 32.7 Å². The number of carbonyl (C=O) groups excluding carboxylic acids is 1. The number of carbonyl (C=O) groups is 1. The second-order valence-electron chi connectivity index (χ2n) is 4.47. The topological polar surface area (TPSA) is 64.3 Å². The molecule has 0 aliphatic heterocycles. The fourth-order valence-corrected chi connectivity index (χ4v) is 2.25. The molecule has 0 aliphatic carbocycles. The summed E-state index contributed by atoms with van der Waals surface area (Å²) in [5.41, 5.74) is 8.41. The molecule has 0 aliphatic rings. The number of nitrogen functional groups attached to an aromatic ring is 1. The maximum absolute atomic E-state index is 13.5. The monoisotopic (exact) mass is 352 g/mol. The van der Waals surface area contributed by atoms with Crippen molar-refractivity contribution in [3.05, 3.63) is 51.7 Å². The van der Waals surface area contributed by atoms with E-state index in [2.05, 4.69) is 21.2 Å². The molecule has 2 aromatic carbocycles. The average Bonchev–Trinajstić information content (AvgIpc) is 2.45. The Morgan fingerprint density at radius 3 is 2.76 bits per heavy atom. The van der Waals surface area contributed by atoms with Crippen LogP contribution in [-0.2, 0) is 4.74 Å². The highest BCUT2D eigenvalue weighted by Crippen LogP contribution is 2.31. The third-order valence-corrected chi connectivity index (χ3v) is 3.64. The molecule has 2 rings (SSSR count). The van der Waals surface area contributed by atoms with E-state index in [1.54, 1.807) is 31.2 Å². The van der Waals surface area contributed by atoms with E-state index in [1.165, 1.54) is 13.2 Å². The molecule has 0 amide bonds. The average molecular weight is 353 g/mol. The van der Waals surface area contributed by atoms with Gasteiger partial charge in [-0.2, -0.15) is 0 Å². The van der Waals surface area contributed by atoms with E-state index in [0.717, 1.165) is 0 Å². The Bertz CT molecular complexity index is 704. The first-order valence-corrected chi connectivity index (χ1v) is 6.92. The summed E-state index contributed by atoms with van der Waals surface area (Å²) in [4.78, 5) is 11.8. The van der Waals surface area contributed by atoms with Gasteiger partial charge in [0.15, 0.2) is 0 Å². The molecule has 0 bridgehead atoms. The number of esters is 1. The molecule has 6 heteroatoms. The zero-order valence-corrected chi connectivity index (χ0v) is 13.1. The molecule has 0 atom stereocenters. The number of rotatable bonds is 3. The summed E-state index contributed by atoms with van der Waals surface area (Å²) in [5, 5.41) is 3.07. The Labute approximate surface area is 130 Å².